The highest BCUT2D eigenvalue weighted by atomic mass is 32.1. The minimum Gasteiger partial charge on any atom is -0.477 e. The number of thiophene rings is 1. The maximum absolute atomic E-state index is 11.1. The zero-order chi connectivity index (χ0) is 14.5. The van der Waals surface area contributed by atoms with Crippen LogP contribution in [0.15, 0.2) is 29.8 Å². The van der Waals surface area contributed by atoms with E-state index in [-0.39, 0.29) is 6.10 Å². The lowest BCUT2D eigenvalue weighted by molar-refractivity contribution is 0.0701. The van der Waals surface area contributed by atoms with Gasteiger partial charge >= 0.3 is 5.97 Å². The number of nitrogens with one attached hydrogen (secondary N) is 1. The van der Waals surface area contributed by atoms with Gasteiger partial charge in [0, 0.05) is 12.7 Å². The second kappa shape index (κ2) is 6.38. The number of rotatable bonds is 6. The first kappa shape index (κ1) is 14.3. The summed E-state index contributed by atoms with van der Waals surface area (Å²) in [7, 11) is 0. The van der Waals surface area contributed by atoms with E-state index in [0.29, 0.717) is 17.3 Å². The van der Waals surface area contributed by atoms with Gasteiger partial charge in [-0.15, -0.1) is 11.3 Å². The number of hydrogen-bond donors (Lipinski definition) is 2. The number of ether oxygens (including phenoxy) is 1. The Kier molecular flexibility index (Phi) is 4.57. The molecule has 0 bridgehead atoms. The molecule has 2 rings (SSSR count). The Balaban J connectivity index is 2.11. The Bertz CT molecular complexity index is 596. The van der Waals surface area contributed by atoms with Gasteiger partial charge in [0.2, 0.25) is 5.88 Å². The van der Waals surface area contributed by atoms with Crippen LogP contribution < -0.4 is 10.1 Å². The van der Waals surface area contributed by atoms with E-state index in [2.05, 4.69) is 10.3 Å². The largest absolute Gasteiger partial charge is 0.477 e. The van der Waals surface area contributed by atoms with Gasteiger partial charge in [-0.25, -0.2) is 9.78 Å². The van der Waals surface area contributed by atoms with E-state index in [1.54, 1.807) is 23.7 Å². The molecule has 2 aromatic heterocycles. The average molecular weight is 292 g/mol. The molecule has 0 saturated carbocycles. The molecule has 0 aromatic carbocycles. The lowest BCUT2D eigenvalue weighted by Crippen LogP contribution is -2.10. The van der Waals surface area contributed by atoms with Crippen molar-refractivity contribution in [2.75, 3.05) is 5.32 Å². The number of hydrogen-bond acceptors (Lipinski definition) is 5. The second-order valence-electron chi connectivity index (χ2n) is 4.46. The number of pyridine rings is 1. The third-order valence-electron chi connectivity index (χ3n) is 2.53. The van der Waals surface area contributed by atoms with Gasteiger partial charge in [0.1, 0.15) is 4.88 Å². The first-order valence-corrected chi connectivity index (χ1v) is 7.11. The normalized spacial score (nSPS) is 10.6. The van der Waals surface area contributed by atoms with Crippen LogP contribution in [0.1, 0.15) is 29.1 Å². The Morgan fingerprint density at radius 2 is 2.30 bits per heavy atom. The predicted octanol–water partition coefficient (Wildman–Crippen LogP) is 3.24. The highest BCUT2D eigenvalue weighted by Crippen LogP contribution is 2.24. The molecule has 0 aliphatic rings. The molecule has 106 valence electrons. The van der Waals surface area contributed by atoms with Crippen LogP contribution in [-0.2, 0) is 6.54 Å². The fourth-order valence-corrected chi connectivity index (χ4v) is 2.46. The van der Waals surface area contributed by atoms with Crippen molar-refractivity contribution in [1.29, 1.82) is 0 Å². The Labute approximate surface area is 121 Å². The van der Waals surface area contributed by atoms with Gasteiger partial charge in [0.25, 0.3) is 0 Å². The molecule has 0 atom stereocenters. The van der Waals surface area contributed by atoms with Gasteiger partial charge in [0.15, 0.2) is 0 Å². The molecule has 2 N–H and O–H groups in total. The van der Waals surface area contributed by atoms with Crippen molar-refractivity contribution in [1.82, 2.24) is 4.98 Å². The Morgan fingerprint density at radius 1 is 1.50 bits per heavy atom. The minimum atomic E-state index is -0.901. The average Bonchev–Trinajstić information content (AvgIpc) is 2.85. The molecule has 0 fully saturated rings. The zero-order valence-electron chi connectivity index (χ0n) is 11.3. The molecule has 0 spiro atoms. The van der Waals surface area contributed by atoms with Crippen LogP contribution in [0.3, 0.4) is 0 Å². The van der Waals surface area contributed by atoms with Crippen LogP contribution in [0.2, 0.25) is 0 Å². The van der Waals surface area contributed by atoms with Crippen molar-refractivity contribution < 1.29 is 14.6 Å². The maximum atomic E-state index is 11.1. The fraction of sp³-hybridized carbons (Fsp3) is 0.286. The van der Waals surface area contributed by atoms with Gasteiger partial charge in [-0.2, -0.15) is 0 Å². The van der Waals surface area contributed by atoms with Crippen LogP contribution in [0.4, 0.5) is 5.69 Å². The standard InChI is InChI=1S/C14H16N2O3S/c1-9(2)19-13-11(4-3-6-15-13)16-8-10-5-7-20-12(10)14(17)18/h3-7,9,16H,8H2,1-2H3,(H,17,18). The predicted molar refractivity (Wildman–Crippen MR) is 78.6 cm³/mol. The number of nitrogens with zero attached hydrogens (tertiary/aromatic N) is 1. The number of aromatic carboxylic acids is 1. The van der Waals surface area contributed by atoms with Crippen molar-refractivity contribution in [3.63, 3.8) is 0 Å². The van der Waals surface area contributed by atoms with Gasteiger partial charge < -0.3 is 15.2 Å². The van der Waals surface area contributed by atoms with Crippen LogP contribution in [0, 0.1) is 0 Å². The van der Waals surface area contributed by atoms with E-state index >= 15 is 0 Å². The van der Waals surface area contributed by atoms with Crippen LogP contribution >= 0.6 is 11.3 Å². The van der Waals surface area contributed by atoms with E-state index in [1.165, 1.54) is 11.3 Å². The van der Waals surface area contributed by atoms with Gasteiger partial charge in [0.05, 0.1) is 11.8 Å². The highest BCUT2D eigenvalue weighted by Gasteiger charge is 2.12. The summed E-state index contributed by atoms with van der Waals surface area (Å²) in [5, 5.41) is 14.0. The number of aromatic nitrogens is 1. The first-order chi connectivity index (χ1) is 9.58. The Hall–Kier alpha value is -2.08. The SMILES string of the molecule is CC(C)Oc1ncccc1NCc1ccsc1C(=O)O. The molecule has 0 radical (unpaired) electrons. The number of carboxylic acids is 1. The maximum Gasteiger partial charge on any atom is 0.346 e. The first-order valence-electron chi connectivity index (χ1n) is 6.23. The van der Waals surface area contributed by atoms with Crippen molar-refractivity contribution in [3.05, 3.63) is 40.2 Å². The molecule has 0 aliphatic carbocycles. The summed E-state index contributed by atoms with van der Waals surface area (Å²) in [6, 6.07) is 5.47. The van der Waals surface area contributed by atoms with E-state index in [9.17, 15) is 4.79 Å². The summed E-state index contributed by atoms with van der Waals surface area (Å²) in [5.41, 5.74) is 1.51. The van der Waals surface area contributed by atoms with Gasteiger partial charge in [-0.3, -0.25) is 0 Å². The lowest BCUT2D eigenvalue weighted by Gasteiger charge is -2.14. The third kappa shape index (κ3) is 3.48. The zero-order valence-corrected chi connectivity index (χ0v) is 12.1. The number of carboxylic acid groups (broad SMARTS) is 1. The molecule has 2 aromatic rings. The Morgan fingerprint density at radius 3 is 3.00 bits per heavy atom. The smallest absolute Gasteiger partial charge is 0.346 e. The van der Waals surface area contributed by atoms with Crippen molar-refractivity contribution in [2.24, 2.45) is 0 Å². The van der Waals surface area contributed by atoms with Crippen molar-refractivity contribution in [2.45, 2.75) is 26.5 Å². The van der Waals surface area contributed by atoms with E-state index in [4.69, 9.17) is 9.84 Å². The monoisotopic (exact) mass is 292 g/mol. The summed E-state index contributed by atoms with van der Waals surface area (Å²) in [4.78, 5) is 15.6. The second-order valence-corrected chi connectivity index (χ2v) is 5.37. The van der Waals surface area contributed by atoms with Crippen molar-refractivity contribution >= 4 is 23.0 Å². The van der Waals surface area contributed by atoms with E-state index < -0.39 is 5.97 Å². The molecule has 0 aliphatic heterocycles. The number of anilines is 1. The van der Waals surface area contributed by atoms with Gasteiger partial charge in [-0.05, 0) is 43.0 Å². The number of carbonyl (C=O) groups is 1. The molecule has 0 saturated heterocycles. The molecular formula is C14H16N2O3S. The summed E-state index contributed by atoms with van der Waals surface area (Å²) in [5.74, 6) is -0.378. The summed E-state index contributed by atoms with van der Waals surface area (Å²) >= 11 is 1.22. The lowest BCUT2D eigenvalue weighted by atomic mass is 10.2. The van der Waals surface area contributed by atoms with Gasteiger partial charge in [-0.1, -0.05) is 0 Å². The van der Waals surface area contributed by atoms with E-state index in [1.807, 2.05) is 19.9 Å². The van der Waals surface area contributed by atoms with E-state index in [0.717, 1.165) is 11.3 Å². The molecule has 6 heteroatoms. The molecule has 5 nitrogen and oxygen atoms in total. The minimum absolute atomic E-state index is 0.0289. The van der Waals surface area contributed by atoms with Crippen LogP contribution in [0.5, 0.6) is 5.88 Å². The molecule has 0 amide bonds. The third-order valence-corrected chi connectivity index (χ3v) is 3.47. The molecule has 0 unspecified atom stereocenters. The molecule has 2 heterocycles. The fourth-order valence-electron chi connectivity index (χ4n) is 1.70. The summed E-state index contributed by atoms with van der Waals surface area (Å²) in [6.07, 6.45) is 1.69. The molecular weight excluding hydrogens is 276 g/mol. The topological polar surface area (TPSA) is 71.5 Å². The van der Waals surface area contributed by atoms with Crippen LogP contribution in [-0.4, -0.2) is 22.2 Å². The summed E-state index contributed by atoms with van der Waals surface area (Å²) < 4.78 is 5.61. The summed E-state index contributed by atoms with van der Waals surface area (Å²) in [6.45, 7) is 4.28. The molecule has 20 heavy (non-hydrogen) atoms. The van der Waals surface area contributed by atoms with Crippen molar-refractivity contribution in [3.8, 4) is 5.88 Å². The highest BCUT2D eigenvalue weighted by molar-refractivity contribution is 7.12. The quantitative estimate of drug-likeness (QED) is 0.855. The van der Waals surface area contributed by atoms with Crippen LogP contribution in [0.25, 0.3) is 0 Å².